The number of nitro groups is 1. The van der Waals surface area contributed by atoms with E-state index in [9.17, 15) is 19.7 Å². The molecule has 4 aromatic rings. The van der Waals surface area contributed by atoms with Gasteiger partial charge in [-0.2, -0.15) is 0 Å². The normalized spacial score (nSPS) is 10.7. The lowest BCUT2D eigenvalue weighted by molar-refractivity contribution is -0.385. The molecule has 0 bridgehead atoms. The Morgan fingerprint density at radius 3 is 2.59 bits per heavy atom. The number of hydrogen-bond acceptors (Lipinski definition) is 6. The van der Waals surface area contributed by atoms with Crippen LogP contribution in [-0.2, 0) is 0 Å². The Bertz CT molecular complexity index is 1420. The first-order chi connectivity index (χ1) is 15.4. The zero-order valence-corrected chi connectivity index (χ0v) is 17.2. The van der Waals surface area contributed by atoms with Gasteiger partial charge in [0.05, 0.1) is 23.3 Å². The van der Waals surface area contributed by atoms with E-state index in [4.69, 9.17) is 9.15 Å². The third-order valence-corrected chi connectivity index (χ3v) is 5.07. The third-order valence-electron chi connectivity index (χ3n) is 5.07. The van der Waals surface area contributed by atoms with Crippen molar-refractivity contribution in [1.29, 1.82) is 0 Å². The second kappa shape index (κ2) is 8.35. The molecule has 0 aliphatic heterocycles. The summed E-state index contributed by atoms with van der Waals surface area (Å²) in [5.74, 6) is -0.178. The fourth-order valence-electron chi connectivity index (χ4n) is 3.38. The number of carbonyl (C=O) groups excluding carboxylic acids is 1. The van der Waals surface area contributed by atoms with E-state index in [0.29, 0.717) is 33.7 Å². The van der Waals surface area contributed by atoms with Crippen molar-refractivity contribution in [2.75, 3.05) is 12.4 Å². The number of nitro benzene ring substituents is 1. The number of aryl methyl sites for hydroxylation is 1. The van der Waals surface area contributed by atoms with Crippen molar-refractivity contribution in [1.82, 2.24) is 0 Å². The van der Waals surface area contributed by atoms with Gasteiger partial charge in [-0.15, -0.1) is 0 Å². The number of nitrogens with one attached hydrogen (secondary N) is 1. The molecule has 1 heterocycles. The predicted molar refractivity (Wildman–Crippen MR) is 120 cm³/mol. The molecule has 0 spiro atoms. The molecular formula is C24H18N2O6. The average Bonchev–Trinajstić information content (AvgIpc) is 2.78. The molecule has 0 aliphatic rings. The Balaban J connectivity index is 1.73. The van der Waals surface area contributed by atoms with Crippen LogP contribution in [0.15, 0.2) is 75.9 Å². The monoisotopic (exact) mass is 430 g/mol. The first-order valence-corrected chi connectivity index (χ1v) is 9.65. The number of carbonyl (C=O) groups is 1. The molecule has 0 unspecified atom stereocenters. The van der Waals surface area contributed by atoms with E-state index in [0.717, 1.165) is 5.39 Å². The third kappa shape index (κ3) is 3.93. The highest BCUT2D eigenvalue weighted by atomic mass is 16.6. The van der Waals surface area contributed by atoms with Gasteiger partial charge in [-0.05, 0) is 42.8 Å². The highest BCUT2D eigenvalue weighted by Crippen LogP contribution is 2.31. The summed E-state index contributed by atoms with van der Waals surface area (Å²) in [6.07, 6.45) is 0. The molecule has 8 nitrogen and oxygen atoms in total. The van der Waals surface area contributed by atoms with E-state index >= 15 is 0 Å². The van der Waals surface area contributed by atoms with Gasteiger partial charge < -0.3 is 14.5 Å². The first-order valence-electron chi connectivity index (χ1n) is 9.65. The standard InChI is InChI=1S/C24H18N2O6/c1-14-7-8-17(13-20(14)26(29)30)23(27)25-19-12-15(9-10-22(19)31-2)18-11-16-5-3-4-6-21(16)32-24(18)28/h3-13H,1-2H3,(H,25,27). The molecule has 0 fully saturated rings. The smallest absolute Gasteiger partial charge is 0.344 e. The van der Waals surface area contributed by atoms with Crippen LogP contribution in [0.2, 0.25) is 0 Å². The molecule has 4 rings (SSSR count). The highest BCUT2D eigenvalue weighted by molar-refractivity contribution is 6.05. The molecular weight excluding hydrogens is 412 g/mol. The molecule has 32 heavy (non-hydrogen) atoms. The van der Waals surface area contributed by atoms with E-state index in [1.165, 1.54) is 25.3 Å². The van der Waals surface area contributed by atoms with E-state index in [1.54, 1.807) is 43.3 Å². The summed E-state index contributed by atoms with van der Waals surface area (Å²) in [4.78, 5) is 36.0. The minimum atomic E-state index is -0.547. The number of anilines is 1. The Morgan fingerprint density at radius 1 is 1.06 bits per heavy atom. The number of nitrogens with zero attached hydrogens (tertiary/aromatic N) is 1. The second-order valence-electron chi connectivity index (χ2n) is 7.11. The lowest BCUT2D eigenvalue weighted by Crippen LogP contribution is -2.13. The van der Waals surface area contributed by atoms with Crippen molar-refractivity contribution in [3.8, 4) is 16.9 Å². The molecule has 1 aromatic heterocycles. The SMILES string of the molecule is COc1ccc(-c2cc3ccccc3oc2=O)cc1NC(=O)c1ccc(C)c([N+](=O)[O-])c1. The van der Waals surface area contributed by atoms with Gasteiger partial charge in [-0.1, -0.05) is 30.3 Å². The molecule has 0 saturated heterocycles. The zero-order chi connectivity index (χ0) is 22.8. The van der Waals surface area contributed by atoms with Crippen LogP contribution in [0.25, 0.3) is 22.1 Å². The van der Waals surface area contributed by atoms with Gasteiger partial charge in [0.2, 0.25) is 0 Å². The van der Waals surface area contributed by atoms with Gasteiger partial charge in [-0.3, -0.25) is 14.9 Å². The number of fused-ring (bicyclic) bond motifs is 1. The van der Waals surface area contributed by atoms with Crippen LogP contribution < -0.4 is 15.7 Å². The molecule has 0 atom stereocenters. The van der Waals surface area contributed by atoms with Crippen molar-refractivity contribution in [3.63, 3.8) is 0 Å². The van der Waals surface area contributed by atoms with Gasteiger partial charge in [0.25, 0.3) is 11.6 Å². The molecule has 1 amide bonds. The summed E-state index contributed by atoms with van der Waals surface area (Å²) in [6, 6.07) is 18.0. The van der Waals surface area contributed by atoms with Crippen LogP contribution in [0, 0.1) is 17.0 Å². The summed E-state index contributed by atoms with van der Waals surface area (Å²) < 4.78 is 10.7. The fraction of sp³-hybridized carbons (Fsp3) is 0.0833. The number of para-hydroxylation sites is 1. The van der Waals surface area contributed by atoms with Gasteiger partial charge in [-0.25, -0.2) is 4.79 Å². The van der Waals surface area contributed by atoms with Gasteiger partial charge in [0, 0.05) is 22.6 Å². The lowest BCUT2D eigenvalue weighted by Gasteiger charge is -2.12. The van der Waals surface area contributed by atoms with Crippen molar-refractivity contribution in [2.45, 2.75) is 6.92 Å². The summed E-state index contributed by atoms with van der Waals surface area (Å²) in [6.45, 7) is 1.60. The Kier molecular flexibility index (Phi) is 5.43. The topological polar surface area (TPSA) is 112 Å². The van der Waals surface area contributed by atoms with E-state index in [1.807, 2.05) is 12.1 Å². The maximum Gasteiger partial charge on any atom is 0.344 e. The molecule has 3 aromatic carbocycles. The largest absolute Gasteiger partial charge is 0.495 e. The molecule has 0 saturated carbocycles. The zero-order valence-electron chi connectivity index (χ0n) is 17.2. The Morgan fingerprint density at radius 2 is 1.84 bits per heavy atom. The van der Waals surface area contributed by atoms with Crippen molar-refractivity contribution < 1.29 is 18.9 Å². The molecule has 8 heteroatoms. The van der Waals surface area contributed by atoms with E-state index in [-0.39, 0.29) is 11.3 Å². The number of ether oxygens (including phenoxy) is 1. The van der Waals surface area contributed by atoms with Crippen molar-refractivity contribution in [3.05, 3.63) is 98.4 Å². The highest BCUT2D eigenvalue weighted by Gasteiger charge is 2.17. The molecule has 0 aliphatic carbocycles. The van der Waals surface area contributed by atoms with Gasteiger partial charge in [0.1, 0.15) is 11.3 Å². The Labute approximate surface area is 182 Å². The Hall–Kier alpha value is -4.46. The van der Waals surface area contributed by atoms with E-state index < -0.39 is 16.5 Å². The van der Waals surface area contributed by atoms with Crippen LogP contribution in [-0.4, -0.2) is 17.9 Å². The van der Waals surface area contributed by atoms with E-state index in [2.05, 4.69) is 5.32 Å². The molecule has 1 N–H and O–H groups in total. The summed E-state index contributed by atoms with van der Waals surface area (Å²) in [5, 5.41) is 14.7. The number of methoxy groups -OCH3 is 1. The second-order valence-corrected chi connectivity index (χ2v) is 7.11. The minimum absolute atomic E-state index is 0.125. The van der Waals surface area contributed by atoms with Gasteiger partial charge >= 0.3 is 5.63 Å². The summed E-state index contributed by atoms with van der Waals surface area (Å²) in [7, 11) is 1.45. The minimum Gasteiger partial charge on any atom is -0.495 e. The van der Waals surface area contributed by atoms with Crippen LogP contribution in [0.5, 0.6) is 5.75 Å². The maximum atomic E-state index is 12.8. The van der Waals surface area contributed by atoms with Crippen molar-refractivity contribution in [2.24, 2.45) is 0 Å². The summed E-state index contributed by atoms with van der Waals surface area (Å²) >= 11 is 0. The quantitative estimate of drug-likeness (QED) is 0.273. The van der Waals surface area contributed by atoms with Crippen molar-refractivity contribution >= 4 is 28.3 Å². The number of benzene rings is 3. The number of hydrogen-bond donors (Lipinski definition) is 1. The summed E-state index contributed by atoms with van der Waals surface area (Å²) in [5.41, 5.74) is 1.56. The van der Waals surface area contributed by atoms with Gasteiger partial charge in [0.15, 0.2) is 0 Å². The van der Waals surface area contributed by atoms with Crippen LogP contribution in [0.4, 0.5) is 11.4 Å². The first kappa shape index (κ1) is 20.8. The number of amides is 1. The molecule has 160 valence electrons. The van der Waals surface area contributed by atoms with Crippen LogP contribution >= 0.6 is 0 Å². The average molecular weight is 430 g/mol. The predicted octanol–water partition coefficient (Wildman–Crippen LogP) is 4.94. The number of rotatable bonds is 5. The van der Waals surface area contributed by atoms with Crippen LogP contribution in [0.1, 0.15) is 15.9 Å². The molecule has 0 radical (unpaired) electrons. The van der Waals surface area contributed by atoms with Crippen LogP contribution in [0.3, 0.4) is 0 Å². The maximum absolute atomic E-state index is 12.8. The lowest BCUT2D eigenvalue weighted by atomic mass is 10.0. The fourth-order valence-corrected chi connectivity index (χ4v) is 3.38.